The highest BCUT2D eigenvalue weighted by atomic mass is 16.3. The van der Waals surface area contributed by atoms with Crippen molar-refractivity contribution in [2.75, 3.05) is 13.2 Å². The van der Waals surface area contributed by atoms with Crippen LogP contribution in [0, 0.1) is 19.8 Å². The Morgan fingerprint density at radius 1 is 1.11 bits per heavy atom. The third kappa shape index (κ3) is 5.66. The number of fused-ring (bicyclic) bond motifs is 1. The van der Waals surface area contributed by atoms with Crippen LogP contribution in [0.2, 0.25) is 0 Å². The normalized spacial score (nSPS) is 12.7. The maximum absolute atomic E-state index is 13.0. The summed E-state index contributed by atoms with van der Waals surface area (Å²) in [5.41, 5.74) is 4.84. The SMILES string of the molecule is Cc1cc(C)c2cc(CN(CCO)[C@H](c3nnnn3CCc3ccccc3)C(C)C)c(=O)[nH]c2c1. The van der Waals surface area contributed by atoms with Gasteiger partial charge in [-0.1, -0.05) is 50.2 Å². The van der Waals surface area contributed by atoms with E-state index in [2.05, 4.69) is 64.4 Å². The second kappa shape index (κ2) is 10.9. The van der Waals surface area contributed by atoms with E-state index < -0.39 is 0 Å². The number of aryl methyl sites for hydroxylation is 4. The third-order valence-electron chi connectivity index (χ3n) is 6.45. The van der Waals surface area contributed by atoms with Gasteiger partial charge in [-0.15, -0.1) is 5.10 Å². The molecule has 2 aromatic heterocycles. The van der Waals surface area contributed by atoms with Crippen LogP contribution in [0.3, 0.4) is 0 Å². The van der Waals surface area contributed by atoms with Crippen LogP contribution in [0.1, 0.15) is 48.0 Å². The van der Waals surface area contributed by atoms with Gasteiger partial charge < -0.3 is 10.1 Å². The zero-order chi connectivity index (χ0) is 24.9. The van der Waals surface area contributed by atoms with E-state index in [-0.39, 0.29) is 24.1 Å². The van der Waals surface area contributed by atoms with Crippen molar-refractivity contribution in [1.29, 1.82) is 0 Å². The molecule has 35 heavy (non-hydrogen) atoms. The average Bonchev–Trinajstić information content (AvgIpc) is 3.27. The van der Waals surface area contributed by atoms with Gasteiger partial charge in [0.25, 0.3) is 5.56 Å². The molecule has 8 heteroatoms. The van der Waals surface area contributed by atoms with E-state index in [0.717, 1.165) is 34.3 Å². The fourth-order valence-corrected chi connectivity index (χ4v) is 4.84. The number of benzene rings is 2. The van der Waals surface area contributed by atoms with Gasteiger partial charge in [-0.2, -0.15) is 0 Å². The molecule has 184 valence electrons. The van der Waals surface area contributed by atoms with Gasteiger partial charge >= 0.3 is 0 Å². The minimum absolute atomic E-state index is 0.0293. The number of nitrogens with zero attached hydrogens (tertiary/aromatic N) is 5. The number of pyridine rings is 1. The van der Waals surface area contributed by atoms with Gasteiger partial charge in [0.05, 0.1) is 12.6 Å². The molecule has 0 fully saturated rings. The summed E-state index contributed by atoms with van der Waals surface area (Å²) in [6.07, 6.45) is 0.812. The van der Waals surface area contributed by atoms with Crippen molar-refractivity contribution in [1.82, 2.24) is 30.1 Å². The zero-order valence-corrected chi connectivity index (χ0v) is 20.9. The molecular weight excluding hydrogens is 440 g/mol. The van der Waals surface area contributed by atoms with Crippen LogP contribution >= 0.6 is 0 Å². The van der Waals surface area contributed by atoms with E-state index in [1.807, 2.05) is 41.9 Å². The monoisotopic (exact) mass is 474 g/mol. The van der Waals surface area contributed by atoms with Crippen LogP contribution in [-0.2, 0) is 19.5 Å². The van der Waals surface area contributed by atoms with Gasteiger partial charge in [0.15, 0.2) is 5.82 Å². The summed E-state index contributed by atoms with van der Waals surface area (Å²) < 4.78 is 1.85. The molecule has 0 saturated heterocycles. The van der Waals surface area contributed by atoms with Crippen molar-refractivity contribution in [2.45, 2.75) is 53.2 Å². The summed E-state index contributed by atoms with van der Waals surface area (Å²) in [5, 5.41) is 23.5. The van der Waals surface area contributed by atoms with Gasteiger partial charge in [0.2, 0.25) is 0 Å². The lowest BCUT2D eigenvalue weighted by molar-refractivity contribution is 0.105. The Hall–Kier alpha value is -3.36. The van der Waals surface area contributed by atoms with Crippen molar-refractivity contribution in [3.8, 4) is 0 Å². The highest BCUT2D eigenvalue weighted by molar-refractivity contribution is 5.83. The maximum atomic E-state index is 13.0. The van der Waals surface area contributed by atoms with Crippen LogP contribution in [-0.4, -0.2) is 48.3 Å². The molecule has 0 aliphatic rings. The second-order valence-corrected chi connectivity index (χ2v) is 9.55. The minimum Gasteiger partial charge on any atom is -0.395 e. The summed E-state index contributed by atoms with van der Waals surface area (Å²) in [6, 6.07) is 16.2. The van der Waals surface area contributed by atoms with Crippen LogP contribution < -0.4 is 5.56 Å². The van der Waals surface area contributed by atoms with E-state index in [4.69, 9.17) is 0 Å². The first kappa shape index (κ1) is 24.8. The van der Waals surface area contributed by atoms with Crippen LogP contribution in [0.15, 0.2) is 53.3 Å². The molecule has 0 spiro atoms. The van der Waals surface area contributed by atoms with E-state index in [0.29, 0.717) is 25.2 Å². The number of aromatic amines is 1. The van der Waals surface area contributed by atoms with Crippen LogP contribution in [0.25, 0.3) is 10.9 Å². The quantitative estimate of drug-likeness (QED) is 0.365. The number of tetrazole rings is 1. The molecular formula is C27H34N6O2. The molecule has 1 atom stereocenters. The van der Waals surface area contributed by atoms with Crippen LogP contribution in [0.4, 0.5) is 0 Å². The van der Waals surface area contributed by atoms with Gasteiger partial charge in [-0.05, 0) is 65.4 Å². The molecule has 2 aromatic carbocycles. The molecule has 0 saturated carbocycles. The molecule has 0 radical (unpaired) electrons. The average molecular weight is 475 g/mol. The molecule has 0 bridgehead atoms. The number of hydrogen-bond acceptors (Lipinski definition) is 6. The summed E-state index contributed by atoms with van der Waals surface area (Å²) in [6.45, 7) is 9.71. The summed E-state index contributed by atoms with van der Waals surface area (Å²) in [4.78, 5) is 18.2. The van der Waals surface area contributed by atoms with Crippen molar-refractivity contribution < 1.29 is 5.11 Å². The van der Waals surface area contributed by atoms with Crippen molar-refractivity contribution in [2.24, 2.45) is 5.92 Å². The topological polar surface area (TPSA) is 99.9 Å². The summed E-state index contributed by atoms with van der Waals surface area (Å²) in [5.74, 6) is 0.903. The Labute approximate surface area is 205 Å². The molecule has 4 rings (SSSR count). The summed E-state index contributed by atoms with van der Waals surface area (Å²) >= 11 is 0. The molecule has 4 aromatic rings. The fraction of sp³-hybridized carbons (Fsp3) is 0.407. The predicted molar refractivity (Wildman–Crippen MR) is 137 cm³/mol. The number of rotatable bonds is 10. The van der Waals surface area contributed by atoms with Crippen molar-refractivity contribution in [3.05, 3.63) is 87.0 Å². The highest BCUT2D eigenvalue weighted by Crippen LogP contribution is 2.29. The second-order valence-electron chi connectivity index (χ2n) is 9.55. The number of aliphatic hydroxyl groups is 1. The van der Waals surface area contributed by atoms with Crippen molar-refractivity contribution in [3.63, 3.8) is 0 Å². The van der Waals surface area contributed by atoms with E-state index in [1.54, 1.807) is 0 Å². The van der Waals surface area contributed by atoms with Gasteiger partial charge in [-0.3, -0.25) is 9.69 Å². The number of aliphatic hydroxyl groups excluding tert-OH is 1. The number of H-pyrrole nitrogens is 1. The van der Waals surface area contributed by atoms with E-state index in [1.165, 1.54) is 5.56 Å². The van der Waals surface area contributed by atoms with Gasteiger partial charge in [-0.25, -0.2) is 4.68 Å². The Bertz CT molecular complexity index is 1330. The lowest BCUT2D eigenvalue weighted by Crippen LogP contribution is -2.37. The van der Waals surface area contributed by atoms with Gasteiger partial charge in [0, 0.05) is 36.1 Å². The van der Waals surface area contributed by atoms with Gasteiger partial charge in [0.1, 0.15) is 0 Å². The van der Waals surface area contributed by atoms with E-state index in [9.17, 15) is 9.90 Å². The Morgan fingerprint density at radius 2 is 1.89 bits per heavy atom. The first-order valence-electron chi connectivity index (χ1n) is 12.2. The Kier molecular flexibility index (Phi) is 7.73. The van der Waals surface area contributed by atoms with Crippen molar-refractivity contribution >= 4 is 10.9 Å². The standard InChI is InChI=1S/C27H34N6O2/c1-18(2)25(26-29-30-31-33(26)11-10-21-8-6-5-7-9-21)32(12-13-34)17-22-16-23-20(4)14-19(3)15-24(23)28-27(22)35/h5-9,14-16,18,25,34H,10-13,17H2,1-4H3,(H,28,35)/t25-/m0/s1. The van der Waals surface area contributed by atoms with Crippen LogP contribution in [0.5, 0.6) is 0 Å². The highest BCUT2D eigenvalue weighted by Gasteiger charge is 2.29. The predicted octanol–water partition coefficient (Wildman–Crippen LogP) is 3.57. The molecule has 0 aliphatic carbocycles. The number of hydrogen-bond donors (Lipinski definition) is 2. The molecule has 0 unspecified atom stereocenters. The number of aromatic nitrogens is 5. The summed E-state index contributed by atoms with van der Waals surface area (Å²) in [7, 11) is 0. The molecule has 2 N–H and O–H groups in total. The molecule has 0 aliphatic heterocycles. The maximum Gasteiger partial charge on any atom is 0.252 e. The lowest BCUT2D eigenvalue weighted by Gasteiger charge is -2.33. The molecule has 8 nitrogen and oxygen atoms in total. The lowest BCUT2D eigenvalue weighted by atomic mass is 9.99. The number of nitrogens with one attached hydrogen (secondary N) is 1. The first-order valence-corrected chi connectivity index (χ1v) is 12.2. The minimum atomic E-state index is -0.165. The zero-order valence-electron chi connectivity index (χ0n) is 20.9. The Morgan fingerprint density at radius 3 is 2.60 bits per heavy atom. The smallest absolute Gasteiger partial charge is 0.252 e. The fourth-order valence-electron chi connectivity index (χ4n) is 4.84. The first-order chi connectivity index (χ1) is 16.9. The third-order valence-corrected chi connectivity index (χ3v) is 6.45. The van der Waals surface area contributed by atoms with E-state index >= 15 is 0 Å². The molecule has 2 heterocycles. The Balaban J connectivity index is 1.65. The molecule has 0 amide bonds. The largest absolute Gasteiger partial charge is 0.395 e.